The number of likely N-dealkylation sites (tertiary alicyclic amines) is 1. The van der Waals surface area contributed by atoms with Gasteiger partial charge in [0.25, 0.3) is 0 Å². The van der Waals surface area contributed by atoms with Crippen molar-refractivity contribution in [2.24, 2.45) is 5.92 Å². The molecule has 21 heavy (non-hydrogen) atoms. The van der Waals surface area contributed by atoms with E-state index in [0.717, 1.165) is 32.5 Å². The highest BCUT2D eigenvalue weighted by atomic mass is 16.2. The molecule has 1 heterocycles. The van der Waals surface area contributed by atoms with Crippen LogP contribution in [0.3, 0.4) is 0 Å². The number of likely N-dealkylation sites (N-methyl/N-ethyl adjacent to an activating group) is 1. The van der Waals surface area contributed by atoms with Gasteiger partial charge in [-0.25, -0.2) is 0 Å². The molecule has 2 unspecified atom stereocenters. The molecule has 2 atom stereocenters. The van der Waals surface area contributed by atoms with Gasteiger partial charge in [-0.2, -0.15) is 0 Å². The third-order valence-corrected chi connectivity index (χ3v) is 4.43. The topological polar surface area (TPSA) is 32.3 Å². The van der Waals surface area contributed by atoms with E-state index < -0.39 is 0 Å². The molecule has 1 aromatic rings. The van der Waals surface area contributed by atoms with Crippen LogP contribution < -0.4 is 5.32 Å². The van der Waals surface area contributed by atoms with Crippen molar-refractivity contribution >= 4 is 5.91 Å². The Hall–Kier alpha value is -1.35. The lowest BCUT2D eigenvalue weighted by Crippen LogP contribution is -2.38. The van der Waals surface area contributed by atoms with Gasteiger partial charge in [-0.1, -0.05) is 43.7 Å². The zero-order valence-electron chi connectivity index (χ0n) is 13.6. The van der Waals surface area contributed by atoms with Crippen molar-refractivity contribution < 1.29 is 4.79 Å². The van der Waals surface area contributed by atoms with Crippen LogP contribution in [0.4, 0.5) is 0 Å². The molecule has 116 valence electrons. The van der Waals surface area contributed by atoms with Crippen LogP contribution in [0, 0.1) is 12.8 Å². The molecule has 3 nitrogen and oxygen atoms in total. The van der Waals surface area contributed by atoms with Crippen LogP contribution in [0.1, 0.15) is 50.3 Å². The van der Waals surface area contributed by atoms with E-state index in [9.17, 15) is 4.79 Å². The number of nitrogens with zero attached hydrogens (tertiary/aromatic N) is 1. The maximum atomic E-state index is 12.3. The molecule has 2 rings (SSSR count). The van der Waals surface area contributed by atoms with Gasteiger partial charge in [0.05, 0.1) is 0 Å². The van der Waals surface area contributed by atoms with Gasteiger partial charge in [-0.05, 0) is 37.8 Å². The number of hydrogen-bond acceptors (Lipinski definition) is 2. The molecular weight excluding hydrogens is 260 g/mol. The van der Waals surface area contributed by atoms with E-state index in [-0.39, 0.29) is 6.04 Å². The lowest BCUT2D eigenvalue weighted by atomic mass is 10.0. The first-order valence-corrected chi connectivity index (χ1v) is 8.18. The Kier molecular flexibility index (Phi) is 5.80. The minimum atomic E-state index is 0.230. The number of carbonyl (C=O) groups excluding carboxylic acids is 1. The first-order chi connectivity index (χ1) is 10.1. The number of hydrogen-bond donors (Lipinski definition) is 1. The van der Waals surface area contributed by atoms with E-state index in [1.807, 2.05) is 0 Å². The minimum Gasteiger partial charge on any atom is -0.341 e. The molecule has 3 heteroatoms. The molecule has 1 aliphatic heterocycles. The summed E-state index contributed by atoms with van der Waals surface area (Å²) in [6, 6.07) is 8.87. The normalized spacial score (nSPS) is 21.2. The second-order valence-corrected chi connectivity index (χ2v) is 6.29. The van der Waals surface area contributed by atoms with Gasteiger partial charge in [-0.15, -0.1) is 0 Å². The van der Waals surface area contributed by atoms with Crippen molar-refractivity contribution in [3.05, 3.63) is 35.4 Å². The molecule has 1 amide bonds. The Bertz CT molecular complexity index is 455. The highest BCUT2D eigenvalue weighted by molar-refractivity contribution is 5.76. The summed E-state index contributed by atoms with van der Waals surface area (Å²) in [4.78, 5) is 14.3. The third-order valence-electron chi connectivity index (χ3n) is 4.43. The van der Waals surface area contributed by atoms with Crippen molar-refractivity contribution in [2.75, 3.05) is 19.6 Å². The Morgan fingerprint density at radius 1 is 1.29 bits per heavy atom. The van der Waals surface area contributed by atoms with Crippen LogP contribution in [0.15, 0.2) is 24.3 Å². The number of amides is 1. The number of nitrogens with one attached hydrogen (secondary N) is 1. The van der Waals surface area contributed by atoms with Crippen molar-refractivity contribution in [1.29, 1.82) is 0 Å². The largest absolute Gasteiger partial charge is 0.341 e. The van der Waals surface area contributed by atoms with Crippen molar-refractivity contribution in [3.63, 3.8) is 0 Å². The predicted molar refractivity (Wildman–Crippen MR) is 87.2 cm³/mol. The van der Waals surface area contributed by atoms with Crippen LogP contribution in [-0.4, -0.2) is 30.4 Å². The standard InChI is InChI=1S/C18H28N2O/c1-4-19-17(16-8-5-14(2)6-9-16)13-20-12-11-15(3)7-10-18(20)21/h5-6,8-9,15,17,19H,4,7,10-13H2,1-3H3. The number of carbonyl (C=O) groups is 1. The molecule has 1 aromatic carbocycles. The molecule has 1 saturated heterocycles. The van der Waals surface area contributed by atoms with E-state index >= 15 is 0 Å². The summed E-state index contributed by atoms with van der Waals surface area (Å²) >= 11 is 0. The first kappa shape index (κ1) is 16.0. The zero-order chi connectivity index (χ0) is 15.2. The highest BCUT2D eigenvalue weighted by Gasteiger charge is 2.23. The maximum absolute atomic E-state index is 12.3. The van der Waals surface area contributed by atoms with E-state index in [4.69, 9.17) is 0 Å². The summed E-state index contributed by atoms with van der Waals surface area (Å²) in [7, 11) is 0. The van der Waals surface area contributed by atoms with Crippen LogP contribution in [-0.2, 0) is 4.79 Å². The molecular formula is C18H28N2O. The molecule has 0 aromatic heterocycles. The fraction of sp³-hybridized carbons (Fsp3) is 0.611. The van der Waals surface area contributed by atoms with E-state index in [1.165, 1.54) is 11.1 Å². The summed E-state index contributed by atoms with van der Waals surface area (Å²) in [6.45, 7) is 9.06. The number of aryl methyl sites for hydroxylation is 1. The molecule has 0 radical (unpaired) electrons. The zero-order valence-corrected chi connectivity index (χ0v) is 13.6. The first-order valence-electron chi connectivity index (χ1n) is 8.18. The fourth-order valence-electron chi connectivity index (χ4n) is 2.92. The summed E-state index contributed by atoms with van der Waals surface area (Å²) in [5.41, 5.74) is 2.54. The van der Waals surface area contributed by atoms with Gasteiger partial charge in [0.2, 0.25) is 5.91 Å². The average molecular weight is 288 g/mol. The molecule has 1 N–H and O–H groups in total. The monoisotopic (exact) mass is 288 g/mol. The lowest BCUT2D eigenvalue weighted by molar-refractivity contribution is -0.131. The highest BCUT2D eigenvalue weighted by Crippen LogP contribution is 2.21. The van der Waals surface area contributed by atoms with Crippen LogP contribution in [0.2, 0.25) is 0 Å². The molecule has 0 aliphatic carbocycles. The van der Waals surface area contributed by atoms with Gasteiger partial charge in [0.1, 0.15) is 0 Å². The fourth-order valence-corrected chi connectivity index (χ4v) is 2.92. The van der Waals surface area contributed by atoms with Crippen LogP contribution in [0.5, 0.6) is 0 Å². The summed E-state index contributed by atoms with van der Waals surface area (Å²) < 4.78 is 0. The Morgan fingerprint density at radius 3 is 2.67 bits per heavy atom. The molecule has 0 saturated carbocycles. The van der Waals surface area contributed by atoms with Crippen molar-refractivity contribution in [2.45, 2.75) is 46.1 Å². The van der Waals surface area contributed by atoms with E-state index in [2.05, 4.69) is 55.3 Å². The van der Waals surface area contributed by atoms with Gasteiger partial charge in [0.15, 0.2) is 0 Å². The van der Waals surface area contributed by atoms with E-state index in [1.54, 1.807) is 0 Å². The quantitative estimate of drug-likeness (QED) is 0.901. The van der Waals surface area contributed by atoms with Gasteiger partial charge in [-0.3, -0.25) is 4.79 Å². The smallest absolute Gasteiger partial charge is 0.222 e. The Labute approximate surface area is 128 Å². The molecule has 0 bridgehead atoms. The van der Waals surface area contributed by atoms with Gasteiger partial charge in [0, 0.05) is 25.6 Å². The Balaban J connectivity index is 2.07. The SMILES string of the molecule is CCNC(CN1CCC(C)CCC1=O)c1ccc(C)cc1. The number of benzene rings is 1. The van der Waals surface area contributed by atoms with Crippen LogP contribution in [0.25, 0.3) is 0 Å². The molecule has 1 fully saturated rings. The second kappa shape index (κ2) is 7.60. The van der Waals surface area contributed by atoms with Crippen LogP contribution >= 0.6 is 0 Å². The molecule has 1 aliphatic rings. The summed E-state index contributed by atoms with van der Waals surface area (Å²) in [5.74, 6) is 0.977. The summed E-state index contributed by atoms with van der Waals surface area (Å²) in [5, 5.41) is 3.52. The second-order valence-electron chi connectivity index (χ2n) is 6.29. The van der Waals surface area contributed by atoms with Crippen molar-refractivity contribution in [1.82, 2.24) is 10.2 Å². The number of rotatable bonds is 5. The lowest BCUT2D eigenvalue weighted by Gasteiger charge is -2.27. The Morgan fingerprint density at radius 2 is 2.00 bits per heavy atom. The van der Waals surface area contributed by atoms with E-state index in [0.29, 0.717) is 18.2 Å². The summed E-state index contributed by atoms with van der Waals surface area (Å²) in [6.07, 6.45) is 2.86. The van der Waals surface area contributed by atoms with Gasteiger partial charge < -0.3 is 10.2 Å². The third kappa shape index (κ3) is 4.57. The maximum Gasteiger partial charge on any atom is 0.222 e. The van der Waals surface area contributed by atoms with Crippen molar-refractivity contribution in [3.8, 4) is 0 Å². The molecule has 0 spiro atoms. The minimum absolute atomic E-state index is 0.230. The average Bonchev–Trinajstić information content (AvgIpc) is 2.63. The predicted octanol–water partition coefficient (Wildman–Crippen LogP) is 3.29. The van der Waals surface area contributed by atoms with Gasteiger partial charge >= 0.3 is 0 Å².